The molecule has 0 aliphatic carbocycles. The number of hydrogen-bond acceptors (Lipinski definition) is 2. The van der Waals surface area contributed by atoms with E-state index >= 15 is 0 Å². The van der Waals surface area contributed by atoms with Crippen LogP contribution in [0.3, 0.4) is 0 Å². The lowest BCUT2D eigenvalue weighted by molar-refractivity contribution is 0.280. The number of aliphatic hydroxyl groups excluding tert-OH is 1. The Labute approximate surface area is 63.6 Å². The van der Waals surface area contributed by atoms with Crippen molar-refractivity contribution in [1.82, 2.24) is 5.32 Å². The van der Waals surface area contributed by atoms with Crippen LogP contribution in [0.25, 0.3) is 0 Å². The zero-order chi connectivity index (χ0) is 8.04. The maximum absolute atomic E-state index is 8.47. The van der Waals surface area contributed by atoms with Gasteiger partial charge in [0.2, 0.25) is 0 Å². The van der Waals surface area contributed by atoms with Gasteiger partial charge in [0.05, 0.1) is 0 Å². The maximum Gasteiger partial charge on any atom is 0.0431 e. The van der Waals surface area contributed by atoms with Gasteiger partial charge in [0.15, 0.2) is 0 Å². The Hall–Kier alpha value is -0.0800. The first-order valence-electron chi connectivity index (χ1n) is 3.92. The van der Waals surface area contributed by atoms with Crippen molar-refractivity contribution < 1.29 is 5.11 Å². The predicted molar refractivity (Wildman–Crippen MR) is 44.1 cm³/mol. The van der Waals surface area contributed by atoms with Gasteiger partial charge >= 0.3 is 0 Å². The molecule has 10 heavy (non-hydrogen) atoms. The molecule has 0 saturated heterocycles. The summed E-state index contributed by atoms with van der Waals surface area (Å²) in [4.78, 5) is 0. The summed E-state index contributed by atoms with van der Waals surface area (Å²) in [6.45, 7) is 7.75. The van der Waals surface area contributed by atoms with Crippen molar-refractivity contribution in [2.45, 2.75) is 39.2 Å². The summed E-state index contributed by atoms with van der Waals surface area (Å²) in [6.07, 6.45) is 1.97. The average molecular weight is 145 g/mol. The van der Waals surface area contributed by atoms with E-state index in [0.29, 0.717) is 6.61 Å². The summed E-state index contributed by atoms with van der Waals surface area (Å²) in [5.74, 6) is 0. The number of rotatable bonds is 4. The molecule has 0 fully saturated rings. The minimum absolute atomic E-state index is 0.218. The zero-order valence-electron chi connectivity index (χ0n) is 7.28. The van der Waals surface area contributed by atoms with Gasteiger partial charge < -0.3 is 10.4 Å². The molecule has 0 aromatic carbocycles. The molecule has 0 aromatic rings. The summed E-state index contributed by atoms with van der Waals surface area (Å²) in [5, 5.41) is 11.8. The van der Waals surface area contributed by atoms with E-state index in [1.165, 1.54) is 0 Å². The summed E-state index contributed by atoms with van der Waals surface area (Å²) >= 11 is 0. The Morgan fingerprint density at radius 1 is 1.20 bits per heavy atom. The van der Waals surface area contributed by atoms with Crippen LogP contribution in [0.4, 0.5) is 0 Å². The molecule has 0 bridgehead atoms. The van der Waals surface area contributed by atoms with Gasteiger partial charge in [-0.3, -0.25) is 0 Å². The van der Waals surface area contributed by atoms with E-state index in [2.05, 4.69) is 26.1 Å². The Morgan fingerprint density at radius 3 is 2.20 bits per heavy atom. The molecule has 2 nitrogen and oxygen atoms in total. The fourth-order valence-corrected chi connectivity index (χ4v) is 0.700. The molecule has 0 rings (SSSR count). The number of hydrogen-bond donors (Lipinski definition) is 2. The summed E-state index contributed by atoms with van der Waals surface area (Å²) in [6, 6.07) is 0. The van der Waals surface area contributed by atoms with Crippen LogP contribution in [-0.4, -0.2) is 23.8 Å². The second-order valence-corrected chi connectivity index (χ2v) is 3.61. The predicted octanol–water partition coefficient (Wildman–Crippen LogP) is 1.15. The van der Waals surface area contributed by atoms with Gasteiger partial charge in [-0.2, -0.15) is 0 Å². The second-order valence-electron chi connectivity index (χ2n) is 3.61. The molecule has 0 aliphatic rings. The molecule has 0 amide bonds. The molecule has 2 N–H and O–H groups in total. The minimum atomic E-state index is 0.218. The van der Waals surface area contributed by atoms with Crippen LogP contribution in [0.5, 0.6) is 0 Å². The quantitative estimate of drug-likeness (QED) is 0.582. The maximum atomic E-state index is 8.47. The largest absolute Gasteiger partial charge is 0.396 e. The number of aliphatic hydroxyl groups is 1. The average Bonchev–Trinajstić information content (AvgIpc) is 1.78. The van der Waals surface area contributed by atoms with Gasteiger partial charge in [0.1, 0.15) is 0 Å². The summed E-state index contributed by atoms with van der Waals surface area (Å²) < 4.78 is 0. The van der Waals surface area contributed by atoms with Gasteiger partial charge in [0.25, 0.3) is 0 Å². The molecular formula is C8H19NO. The van der Waals surface area contributed by atoms with Crippen molar-refractivity contribution in [2.24, 2.45) is 0 Å². The second kappa shape index (κ2) is 4.69. The molecule has 0 spiro atoms. The van der Waals surface area contributed by atoms with Crippen molar-refractivity contribution in [2.75, 3.05) is 13.2 Å². The van der Waals surface area contributed by atoms with E-state index < -0.39 is 0 Å². The third-order valence-electron chi connectivity index (χ3n) is 1.24. The van der Waals surface area contributed by atoms with Gasteiger partial charge in [-0.1, -0.05) is 0 Å². The SMILES string of the molecule is CC(C)(C)NCCCCO. The number of nitrogens with one attached hydrogen (secondary N) is 1. The third kappa shape index (κ3) is 7.92. The lowest BCUT2D eigenvalue weighted by Crippen LogP contribution is -2.36. The van der Waals surface area contributed by atoms with E-state index in [0.717, 1.165) is 19.4 Å². The van der Waals surface area contributed by atoms with Crippen LogP contribution in [0, 0.1) is 0 Å². The fourth-order valence-electron chi connectivity index (χ4n) is 0.700. The van der Waals surface area contributed by atoms with E-state index in [4.69, 9.17) is 5.11 Å². The van der Waals surface area contributed by atoms with Crippen molar-refractivity contribution >= 4 is 0 Å². The topological polar surface area (TPSA) is 32.3 Å². The molecule has 0 aliphatic heterocycles. The summed E-state index contributed by atoms with van der Waals surface area (Å²) in [7, 11) is 0. The Balaban J connectivity index is 3.04. The van der Waals surface area contributed by atoms with Crippen molar-refractivity contribution in [3.8, 4) is 0 Å². The van der Waals surface area contributed by atoms with Gasteiger partial charge in [-0.25, -0.2) is 0 Å². The van der Waals surface area contributed by atoms with Gasteiger partial charge in [-0.05, 0) is 40.2 Å². The lowest BCUT2D eigenvalue weighted by atomic mass is 10.1. The molecule has 0 radical (unpaired) electrons. The van der Waals surface area contributed by atoms with E-state index in [1.54, 1.807) is 0 Å². The van der Waals surface area contributed by atoms with Crippen molar-refractivity contribution in [3.63, 3.8) is 0 Å². The minimum Gasteiger partial charge on any atom is -0.396 e. The van der Waals surface area contributed by atoms with Crippen LogP contribution in [0.15, 0.2) is 0 Å². The van der Waals surface area contributed by atoms with Crippen LogP contribution in [0.2, 0.25) is 0 Å². The highest BCUT2D eigenvalue weighted by atomic mass is 16.2. The highest BCUT2D eigenvalue weighted by Gasteiger charge is 2.06. The molecular weight excluding hydrogens is 126 g/mol. The molecule has 62 valence electrons. The molecule has 0 saturated carbocycles. The standard InChI is InChI=1S/C8H19NO/c1-8(2,3)9-6-4-5-7-10/h9-10H,4-7H2,1-3H3. The third-order valence-corrected chi connectivity index (χ3v) is 1.24. The van der Waals surface area contributed by atoms with E-state index in [-0.39, 0.29) is 5.54 Å². The monoisotopic (exact) mass is 145 g/mol. The molecule has 2 heteroatoms. The smallest absolute Gasteiger partial charge is 0.0431 e. The van der Waals surface area contributed by atoms with Crippen molar-refractivity contribution in [3.05, 3.63) is 0 Å². The molecule has 0 aromatic heterocycles. The lowest BCUT2D eigenvalue weighted by Gasteiger charge is -2.20. The van der Waals surface area contributed by atoms with Crippen molar-refractivity contribution in [1.29, 1.82) is 0 Å². The number of unbranched alkanes of at least 4 members (excludes halogenated alkanes) is 1. The van der Waals surface area contributed by atoms with Crippen LogP contribution in [-0.2, 0) is 0 Å². The molecule has 0 atom stereocenters. The first-order chi connectivity index (χ1) is 4.56. The molecule has 0 heterocycles. The zero-order valence-corrected chi connectivity index (χ0v) is 7.28. The Kier molecular flexibility index (Phi) is 4.65. The fraction of sp³-hybridized carbons (Fsp3) is 1.00. The van der Waals surface area contributed by atoms with Gasteiger partial charge in [0, 0.05) is 12.1 Å². The first-order valence-corrected chi connectivity index (χ1v) is 3.92. The highest BCUT2D eigenvalue weighted by Crippen LogP contribution is 1.98. The van der Waals surface area contributed by atoms with Crippen LogP contribution >= 0.6 is 0 Å². The van der Waals surface area contributed by atoms with Crippen LogP contribution < -0.4 is 5.32 Å². The molecule has 0 unspecified atom stereocenters. The normalized spacial score (nSPS) is 12.0. The summed E-state index contributed by atoms with van der Waals surface area (Å²) in [5.41, 5.74) is 0.218. The van der Waals surface area contributed by atoms with Crippen LogP contribution in [0.1, 0.15) is 33.6 Å². The van der Waals surface area contributed by atoms with E-state index in [1.807, 2.05) is 0 Å². The first kappa shape index (κ1) is 9.92. The van der Waals surface area contributed by atoms with Gasteiger partial charge in [-0.15, -0.1) is 0 Å². The Morgan fingerprint density at radius 2 is 1.80 bits per heavy atom. The highest BCUT2D eigenvalue weighted by molar-refractivity contribution is 4.69. The Bertz CT molecular complexity index is 75.8. The van der Waals surface area contributed by atoms with E-state index in [9.17, 15) is 0 Å².